The summed E-state index contributed by atoms with van der Waals surface area (Å²) in [6.07, 6.45) is 20.7. The van der Waals surface area contributed by atoms with Crippen molar-refractivity contribution in [1.29, 1.82) is 0 Å². The smallest absolute Gasteiger partial charge is 0.156 e. The first-order valence-electron chi connectivity index (χ1n) is 17.2. The third-order valence-corrected chi connectivity index (χ3v) is 11.4. The van der Waals surface area contributed by atoms with E-state index in [1.165, 1.54) is 88.2 Å². The second kappa shape index (κ2) is 14.2. The summed E-state index contributed by atoms with van der Waals surface area (Å²) in [6.45, 7) is 9.35. The van der Waals surface area contributed by atoms with Gasteiger partial charge in [0.25, 0.3) is 0 Å². The summed E-state index contributed by atoms with van der Waals surface area (Å²) in [5, 5.41) is 4.73. The van der Waals surface area contributed by atoms with E-state index in [2.05, 4.69) is 41.0 Å². The standard InChI is InChI=1S/C36H52ClN5/c1-25-14-16-30(37)22-29(25)24-42-19-8-13-31(18-20-42)39-36-35(38-2)33(21-26-9-6-7-10-26)40-34(41-36)23-28-15-17-32(28)27-11-4-3-5-12-27/h14,16,22,26-28,31-32H,2-13,15,17-21,23-24H2,1H3,(H,39,40,41). The second-order valence-electron chi connectivity index (χ2n) is 14.0. The molecule has 2 heterocycles. The van der Waals surface area contributed by atoms with Gasteiger partial charge in [-0.25, -0.2) is 9.97 Å². The van der Waals surface area contributed by atoms with Crippen LogP contribution in [-0.2, 0) is 19.4 Å². The maximum Gasteiger partial charge on any atom is 0.156 e. The number of nitrogens with zero attached hydrogens (tertiary/aromatic N) is 4. The Morgan fingerprint density at radius 2 is 1.71 bits per heavy atom. The molecule has 0 spiro atoms. The molecule has 1 aliphatic heterocycles. The molecule has 228 valence electrons. The summed E-state index contributed by atoms with van der Waals surface area (Å²) in [5.41, 5.74) is 4.72. The normalized spacial score (nSPS) is 26.1. The zero-order valence-corrected chi connectivity index (χ0v) is 26.7. The van der Waals surface area contributed by atoms with Gasteiger partial charge in [0.2, 0.25) is 0 Å². The van der Waals surface area contributed by atoms with Crippen LogP contribution in [0.5, 0.6) is 0 Å². The van der Waals surface area contributed by atoms with Crippen molar-refractivity contribution in [3.05, 3.63) is 45.9 Å². The van der Waals surface area contributed by atoms with Crippen LogP contribution >= 0.6 is 11.6 Å². The van der Waals surface area contributed by atoms with Crippen molar-refractivity contribution in [2.45, 2.75) is 122 Å². The molecule has 5 nitrogen and oxygen atoms in total. The van der Waals surface area contributed by atoms with Crippen LogP contribution in [0, 0.1) is 30.6 Å². The predicted octanol–water partition coefficient (Wildman–Crippen LogP) is 9.12. The first kappa shape index (κ1) is 30.1. The molecule has 0 bridgehead atoms. The molecule has 1 aromatic carbocycles. The Labute approximate surface area is 259 Å². The molecular weight excluding hydrogens is 538 g/mol. The lowest BCUT2D eigenvalue weighted by Gasteiger charge is -2.43. The summed E-state index contributed by atoms with van der Waals surface area (Å²) in [6, 6.07) is 6.65. The molecule has 0 amide bonds. The highest BCUT2D eigenvalue weighted by Gasteiger charge is 2.38. The van der Waals surface area contributed by atoms with Crippen molar-refractivity contribution in [1.82, 2.24) is 14.9 Å². The maximum absolute atomic E-state index is 6.32. The molecule has 6 heteroatoms. The number of aromatic nitrogens is 2. The fourth-order valence-corrected chi connectivity index (χ4v) is 8.70. The van der Waals surface area contributed by atoms with Gasteiger partial charge in [-0.05, 0) is 106 Å². The molecule has 4 fully saturated rings. The Morgan fingerprint density at radius 1 is 0.905 bits per heavy atom. The van der Waals surface area contributed by atoms with Crippen molar-refractivity contribution in [2.75, 3.05) is 18.4 Å². The minimum absolute atomic E-state index is 0.386. The number of hydrogen-bond acceptors (Lipinski definition) is 5. The number of rotatable bonds is 10. The Kier molecular flexibility index (Phi) is 10.2. The van der Waals surface area contributed by atoms with Gasteiger partial charge in [-0.2, -0.15) is 0 Å². The van der Waals surface area contributed by atoms with E-state index in [1.54, 1.807) is 0 Å². The van der Waals surface area contributed by atoms with E-state index in [9.17, 15) is 0 Å². The van der Waals surface area contributed by atoms with Crippen molar-refractivity contribution >= 4 is 29.8 Å². The lowest BCUT2D eigenvalue weighted by Crippen LogP contribution is -2.35. The van der Waals surface area contributed by atoms with E-state index in [-0.39, 0.29) is 0 Å². The van der Waals surface area contributed by atoms with Crippen LogP contribution in [0.3, 0.4) is 0 Å². The van der Waals surface area contributed by atoms with E-state index in [0.29, 0.717) is 6.04 Å². The Bertz CT molecular complexity index is 1200. The van der Waals surface area contributed by atoms with Crippen LogP contribution in [0.1, 0.15) is 113 Å². The number of benzene rings is 1. The molecule has 1 N–H and O–H groups in total. The van der Waals surface area contributed by atoms with Crippen LogP contribution in [-0.4, -0.2) is 40.7 Å². The van der Waals surface area contributed by atoms with Gasteiger partial charge in [-0.1, -0.05) is 75.5 Å². The lowest BCUT2D eigenvalue weighted by molar-refractivity contribution is 0.0778. The topological polar surface area (TPSA) is 53.4 Å². The molecule has 3 aliphatic carbocycles. The number of anilines is 1. The molecule has 6 rings (SSSR count). The van der Waals surface area contributed by atoms with Crippen LogP contribution < -0.4 is 5.32 Å². The average molecular weight is 590 g/mol. The monoisotopic (exact) mass is 589 g/mol. The first-order valence-corrected chi connectivity index (χ1v) is 17.5. The van der Waals surface area contributed by atoms with Gasteiger partial charge in [-0.15, -0.1) is 0 Å². The predicted molar refractivity (Wildman–Crippen MR) is 176 cm³/mol. The fraction of sp³-hybridized carbons (Fsp3) is 0.694. The second-order valence-corrected chi connectivity index (χ2v) is 14.5. The molecule has 3 atom stereocenters. The Hall–Kier alpha value is -1.98. The maximum atomic E-state index is 6.32. The van der Waals surface area contributed by atoms with E-state index in [1.807, 2.05) is 6.07 Å². The molecule has 1 saturated heterocycles. The number of hydrogen-bond donors (Lipinski definition) is 1. The molecule has 3 unspecified atom stereocenters. The van der Waals surface area contributed by atoms with Gasteiger partial charge in [0.1, 0.15) is 11.5 Å². The van der Waals surface area contributed by atoms with Crippen molar-refractivity contribution in [3.8, 4) is 0 Å². The quantitative estimate of drug-likeness (QED) is 0.281. The van der Waals surface area contributed by atoms with Gasteiger partial charge >= 0.3 is 0 Å². The van der Waals surface area contributed by atoms with Gasteiger partial charge in [0.15, 0.2) is 5.82 Å². The summed E-state index contributed by atoms with van der Waals surface area (Å²) in [4.78, 5) is 17.6. The minimum atomic E-state index is 0.386. The summed E-state index contributed by atoms with van der Waals surface area (Å²) >= 11 is 6.32. The molecule has 42 heavy (non-hydrogen) atoms. The van der Waals surface area contributed by atoms with Gasteiger partial charge in [0, 0.05) is 30.6 Å². The van der Waals surface area contributed by atoms with Crippen LogP contribution in [0.2, 0.25) is 5.02 Å². The lowest BCUT2D eigenvalue weighted by atomic mass is 9.62. The minimum Gasteiger partial charge on any atom is -0.365 e. The van der Waals surface area contributed by atoms with Crippen molar-refractivity contribution in [3.63, 3.8) is 0 Å². The molecule has 0 radical (unpaired) electrons. The van der Waals surface area contributed by atoms with Crippen molar-refractivity contribution < 1.29 is 0 Å². The molecule has 3 saturated carbocycles. The van der Waals surface area contributed by atoms with Crippen molar-refractivity contribution in [2.24, 2.45) is 28.7 Å². The first-order chi connectivity index (χ1) is 20.6. The van der Waals surface area contributed by atoms with E-state index in [0.717, 1.165) is 97.0 Å². The van der Waals surface area contributed by atoms with Gasteiger partial charge < -0.3 is 5.32 Å². The Balaban J connectivity index is 1.17. The summed E-state index contributed by atoms with van der Waals surface area (Å²) in [5.74, 6) is 5.30. The molecule has 2 aromatic rings. The highest BCUT2D eigenvalue weighted by Crippen LogP contribution is 2.46. The van der Waals surface area contributed by atoms with Gasteiger partial charge in [-0.3, -0.25) is 9.89 Å². The molecule has 4 aliphatic rings. The van der Waals surface area contributed by atoms with Gasteiger partial charge in [0.05, 0.1) is 5.69 Å². The third kappa shape index (κ3) is 7.38. The third-order valence-electron chi connectivity index (χ3n) is 11.2. The molecule has 1 aromatic heterocycles. The SMILES string of the molecule is C=Nc1c(CC2CCCC2)nc(CC2CCC2C2CCCCC2)nc1NC1CCCN(Cc2cc(Cl)ccc2C)CC1. The van der Waals surface area contributed by atoms with Crippen LogP contribution in [0.15, 0.2) is 23.2 Å². The van der Waals surface area contributed by atoms with E-state index < -0.39 is 0 Å². The van der Waals surface area contributed by atoms with E-state index >= 15 is 0 Å². The summed E-state index contributed by atoms with van der Waals surface area (Å²) < 4.78 is 0. The highest BCUT2D eigenvalue weighted by atomic mass is 35.5. The largest absolute Gasteiger partial charge is 0.365 e. The number of aryl methyl sites for hydroxylation is 1. The average Bonchev–Trinajstić information content (AvgIpc) is 3.39. The van der Waals surface area contributed by atoms with E-state index in [4.69, 9.17) is 21.6 Å². The van der Waals surface area contributed by atoms with Crippen LogP contribution in [0.4, 0.5) is 11.5 Å². The van der Waals surface area contributed by atoms with Crippen LogP contribution in [0.25, 0.3) is 0 Å². The Morgan fingerprint density at radius 3 is 2.48 bits per heavy atom. The fourth-order valence-electron chi connectivity index (χ4n) is 8.51. The number of halogens is 1. The number of likely N-dealkylation sites (tertiary alicyclic amines) is 1. The zero-order chi connectivity index (χ0) is 28.9. The number of nitrogens with one attached hydrogen (secondary N) is 1. The highest BCUT2D eigenvalue weighted by molar-refractivity contribution is 6.30. The molecular formula is C36H52ClN5. The zero-order valence-electron chi connectivity index (χ0n) is 25.9. The summed E-state index contributed by atoms with van der Waals surface area (Å²) in [7, 11) is 0. The number of aliphatic imine (C=N–C) groups is 1.